The van der Waals surface area contributed by atoms with Crippen molar-refractivity contribution >= 4 is 5.91 Å². The molecule has 0 heterocycles. The van der Waals surface area contributed by atoms with Crippen LogP contribution in [0.1, 0.15) is 43.2 Å². The minimum absolute atomic E-state index is 0.110. The largest absolute Gasteiger partial charge is 0.352 e. The van der Waals surface area contributed by atoms with Crippen LogP contribution in [0.2, 0.25) is 0 Å². The number of nitrogens with zero attached hydrogens (tertiary/aromatic N) is 1. The molecule has 2 rings (SSSR count). The molecule has 1 amide bonds. The van der Waals surface area contributed by atoms with Gasteiger partial charge in [-0.25, -0.2) is 0 Å². The highest BCUT2D eigenvalue weighted by Gasteiger charge is 2.22. The molecule has 3 nitrogen and oxygen atoms in total. The Morgan fingerprint density at radius 3 is 2.80 bits per heavy atom. The van der Waals surface area contributed by atoms with Crippen LogP contribution < -0.4 is 5.32 Å². The fourth-order valence-corrected chi connectivity index (χ4v) is 2.82. The smallest absolute Gasteiger partial charge is 0.237 e. The summed E-state index contributed by atoms with van der Waals surface area (Å²) >= 11 is 0. The molecule has 0 aromatic heterocycles. The van der Waals surface area contributed by atoms with Crippen LogP contribution in [0.3, 0.4) is 0 Å². The van der Waals surface area contributed by atoms with Crippen molar-refractivity contribution in [2.45, 2.75) is 51.5 Å². The van der Waals surface area contributed by atoms with Crippen LogP contribution in [0.15, 0.2) is 24.3 Å². The average Bonchev–Trinajstić information content (AvgIpc) is 2.46. The zero-order chi connectivity index (χ0) is 14.4. The number of benzene rings is 1. The van der Waals surface area contributed by atoms with Gasteiger partial charge in [-0.1, -0.05) is 49.1 Å². The van der Waals surface area contributed by atoms with E-state index in [1.165, 1.54) is 19.3 Å². The lowest BCUT2D eigenvalue weighted by molar-refractivity contribution is -0.124. The fraction of sp³-hybridized carbons (Fsp3) is 0.529. The van der Waals surface area contributed by atoms with E-state index in [-0.39, 0.29) is 11.9 Å². The van der Waals surface area contributed by atoms with E-state index in [0.717, 1.165) is 24.0 Å². The molecule has 1 saturated carbocycles. The third kappa shape index (κ3) is 4.09. The quantitative estimate of drug-likeness (QED) is 0.914. The Labute approximate surface area is 121 Å². The van der Waals surface area contributed by atoms with Gasteiger partial charge in [-0.15, -0.1) is 0 Å². The Bertz CT molecular complexity index is 498. The van der Waals surface area contributed by atoms with Crippen molar-refractivity contribution in [3.8, 4) is 6.07 Å². The Morgan fingerprint density at radius 1 is 1.40 bits per heavy atom. The molecule has 0 radical (unpaired) electrons. The molecular formula is C17H22N2O. The van der Waals surface area contributed by atoms with E-state index in [2.05, 4.69) is 11.4 Å². The van der Waals surface area contributed by atoms with Gasteiger partial charge in [0, 0.05) is 6.04 Å². The molecule has 0 aliphatic heterocycles. The van der Waals surface area contributed by atoms with Gasteiger partial charge in [0.05, 0.1) is 6.07 Å². The number of nitriles is 1. The maximum absolute atomic E-state index is 12.2. The predicted octanol–water partition coefficient (Wildman–Crippen LogP) is 3.13. The lowest BCUT2D eigenvalue weighted by Crippen LogP contribution is -2.40. The van der Waals surface area contributed by atoms with Gasteiger partial charge in [-0.3, -0.25) is 4.79 Å². The Kier molecular flexibility index (Phi) is 5.17. The van der Waals surface area contributed by atoms with Gasteiger partial charge >= 0.3 is 0 Å². The van der Waals surface area contributed by atoms with E-state index in [1.807, 2.05) is 31.2 Å². The third-order valence-electron chi connectivity index (χ3n) is 3.95. The number of amides is 1. The lowest BCUT2D eigenvalue weighted by Gasteiger charge is -2.23. The summed E-state index contributed by atoms with van der Waals surface area (Å²) in [5.41, 5.74) is 2.21. The van der Waals surface area contributed by atoms with E-state index >= 15 is 0 Å². The van der Waals surface area contributed by atoms with Gasteiger partial charge < -0.3 is 5.32 Å². The first kappa shape index (κ1) is 14.6. The number of carbonyl (C=O) groups excluding carboxylic acids is 1. The van der Waals surface area contributed by atoms with Crippen molar-refractivity contribution < 1.29 is 4.79 Å². The average molecular weight is 270 g/mol. The second-order valence-corrected chi connectivity index (χ2v) is 5.72. The minimum atomic E-state index is -0.585. The predicted molar refractivity (Wildman–Crippen MR) is 79.0 cm³/mol. The summed E-state index contributed by atoms with van der Waals surface area (Å²) < 4.78 is 0. The van der Waals surface area contributed by atoms with Crippen molar-refractivity contribution in [1.82, 2.24) is 5.32 Å². The summed E-state index contributed by atoms with van der Waals surface area (Å²) in [6.45, 7) is 2.02. The molecule has 1 aliphatic carbocycles. The number of nitrogens with one attached hydrogen (secondary N) is 1. The highest BCUT2D eigenvalue weighted by molar-refractivity contribution is 5.81. The van der Waals surface area contributed by atoms with Crippen molar-refractivity contribution in [3.05, 3.63) is 35.4 Å². The summed E-state index contributed by atoms with van der Waals surface area (Å²) in [7, 11) is 0. The molecule has 20 heavy (non-hydrogen) atoms. The van der Waals surface area contributed by atoms with E-state index in [1.54, 1.807) is 0 Å². The lowest BCUT2D eigenvalue weighted by atomic mass is 9.94. The first-order chi connectivity index (χ1) is 9.69. The topological polar surface area (TPSA) is 52.9 Å². The fourth-order valence-electron chi connectivity index (χ4n) is 2.82. The normalized spacial score (nSPS) is 17.2. The third-order valence-corrected chi connectivity index (χ3v) is 3.95. The first-order valence-corrected chi connectivity index (χ1v) is 7.44. The molecule has 0 spiro atoms. The molecule has 1 atom stereocenters. The molecular weight excluding hydrogens is 248 g/mol. The summed E-state index contributed by atoms with van der Waals surface area (Å²) in [4.78, 5) is 12.2. The van der Waals surface area contributed by atoms with Gasteiger partial charge in [-0.05, 0) is 31.7 Å². The molecule has 1 aromatic rings. The van der Waals surface area contributed by atoms with Crippen LogP contribution in [-0.4, -0.2) is 11.9 Å². The molecule has 0 bridgehead atoms. The van der Waals surface area contributed by atoms with Gasteiger partial charge in [0.15, 0.2) is 0 Å². The molecule has 1 aromatic carbocycles. The van der Waals surface area contributed by atoms with Crippen LogP contribution in [-0.2, 0) is 11.2 Å². The van der Waals surface area contributed by atoms with Gasteiger partial charge in [0.25, 0.3) is 0 Å². The van der Waals surface area contributed by atoms with E-state index in [4.69, 9.17) is 0 Å². The summed E-state index contributed by atoms with van der Waals surface area (Å²) in [5.74, 6) is -0.695. The molecule has 106 valence electrons. The molecule has 1 aliphatic rings. The highest BCUT2D eigenvalue weighted by Crippen LogP contribution is 2.18. The number of hydrogen-bond donors (Lipinski definition) is 1. The Balaban J connectivity index is 1.93. The molecule has 1 fully saturated rings. The van der Waals surface area contributed by atoms with Crippen molar-refractivity contribution in [3.63, 3.8) is 0 Å². The number of aryl methyl sites for hydroxylation is 1. The maximum atomic E-state index is 12.2. The first-order valence-electron chi connectivity index (χ1n) is 7.44. The highest BCUT2D eigenvalue weighted by atomic mass is 16.1. The number of carbonyl (C=O) groups is 1. The summed E-state index contributed by atoms with van der Waals surface area (Å²) in [5, 5.41) is 12.3. The van der Waals surface area contributed by atoms with Crippen LogP contribution in [0.4, 0.5) is 0 Å². The van der Waals surface area contributed by atoms with E-state index < -0.39 is 5.92 Å². The maximum Gasteiger partial charge on any atom is 0.237 e. The zero-order valence-corrected chi connectivity index (χ0v) is 12.1. The molecule has 0 saturated heterocycles. The van der Waals surface area contributed by atoms with Crippen LogP contribution >= 0.6 is 0 Å². The van der Waals surface area contributed by atoms with Gasteiger partial charge in [0.2, 0.25) is 5.91 Å². The van der Waals surface area contributed by atoms with E-state index in [0.29, 0.717) is 6.42 Å². The molecule has 1 N–H and O–H groups in total. The van der Waals surface area contributed by atoms with Gasteiger partial charge in [-0.2, -0.15) is 5.26 Å². The minimum Gasteiger partial charge on any atom is -0.352 e. The van der Waals surface area contributed by atoms with E-state index in [9.17, 15) is 10.1 Å². The van der Waals surface area contributed by atoms with Crippen LogP contribution in [0.25, 0.3) is 0 Å². The monoisotopic (exact) mass is 270 g/mol. The Morgan fingerprint density at radius 2 is 2.15 bits per heavy atom. The SMILES string of the molecule is Cc1cccc(CC(C#N)C(=O)NC2CCCCC2)c1. The molecule has 3 heteroatoms. The second kappa shape index (κ2) is 7.09. The van der Waals surface area contributed by atoms with Crippen molar-refractivity contribution in [2.75, 3.05) is 0 Å². The zero-order valence-electron chi connectivity index (χ0n) is 12.1. The van der Waals surface area contributed by atoms with Crippen molar-refractivity contribution in [1.29, 1.82) is 5.26 Å². The van der Waals surface area contributed by atoms with Gasteiger partial charge in [0.1, 0.15) is 5.92 Å². The second-order valence-electron chi connectivity index (χ2n) is 5.72. The summed E-state index contributed by atoms with van der Waals surface area (Å²) in [6.07, 6.45) is 6.22. The molecule has 1 unspecified atom stereocenters. The number of rotatable bonds is 4. The number of hydrogen-bond acceptors (Lipinski definition) is 2. The van der Waals surface area contributed by atoms with Crippen LogP contribution in [0, 0.1) is 24.2 Å². The standard InChI is InChI=1S/C17H22N2O/c1-13-6-5-7-14(10-13)11-15(12-18)17(20)19-16-8-3-2-4-9-16/h5-7,10,15-16H,2-4,8-9,11H2,1H3,(H,19,20). The summed E-state index contributed by atoms with van der Waals surface area (Å²) in [6, 6.07) is 10.4. The van der Waals surface area contributed by atoms with Crippen LogP contribution in [0.5, 0.6) is 0 Å². The van der Waals surface area contributed by atoms with Crippen molar-refractivity contribution in [2.24, 2.45) is 5.92 Å². The Hall–Kier alpha value is -1.82.